The molecular formula is C25H24ClO2PS. The molecule has 30 heavy (non-hydrogen) atoms. The molecule has 1 unspecified atom stereocenters. The molecule has 2 nitrogen and oxygen atoms in total. The van der Waals surface area contributed by atoms with Crippen LogP contribution in [-0.2, 0) is 4.57 Å². The standard InChI is InChI=1S/C25H24ClO2PS/c1-15-10-9-13-21(26)23(15)29(28,25(30)20-11-7-6-8-12-20)24(27)22-17(3)14-16(2)18(4)19(22)5/h6-14H,1-5H3. The van der Waals surface area contributed by atoms with Crippen LogP contribution >= 0.6 is 31.0 Å². The summed E-state index contributed by atoms with van der Waals surface area (Å²) < 4.78 is 14.9. The minimum atomic E-state index is -3.90. The number of aryl methyl sites for hydroxylation is 3. The van der Waals surface area contributed by atoms with Crippen LogP contribution in [0, 0.1) is 34.6 Å². The van der Waals surface area contributed by atoms with Crippen LogP contribution in [0.3, 0.4) is 0 Å². The Balaban J connectivity index is 2.37. The normalized spacial score (nSPS) is 13.0. The van der Waals surface area contributed by atoms with Crippen LogP contribution in [0.15, 0.2) is 54.6 Å². The molecular weight excluding hydrogens is 431 g/mol. The Morgan fingerprint density at radius 3 is 2.07 bits per heavy atom. The van der Waals surface area contributed by atoms with Crippen LogP contribution < -0.4 is 5.30 Å². The van der Waals surface area contributed by atoms with Crippen LogP contribution in [0.25, 0.3) is 0 Å². The van der Waals surface area contributed by atoms with Crippen LogP contribution in [0.5, 0.6) is 0 Å². The lowest BCUT2D eigenvalue weighted by molar-refractivity contribution is 0.107. The van der Waals surface area contributed by atoms with Gasteiger partial charge in [-0.05, 0) is 74.1 Å². The first-order valence-electron chi connectivity index (χ1n) is 9.68. The lowest BCUT2D eigenvalue weighted by Crippen LogP contribution is -2.24. The van der Waals surface area contributed by atoms with E-state index in [1.807, 2.05) is 65.0 Å². The second kappa shape index (κ2) is 8.59. The molecule has 0 fully saturated rings. The molecule has 1 atom stereocenters. The Hall–Kier alpha value is -2.06. The molecule has 0 aromatic heterocycles. The zero-order valence-electron chi connectivity index (χ0n) is 17.7. The number of benzene rings is 3. The number of rotatable bonds is 5. The maximum atomic E-state index is 14.8. The van der Waals surface area contributed by atoms with E-state index >= 15 is 0 Å². The molecule has 0 spiro atoms. The summed E-state index contributed by atoms with van der Waals surface area (Å²) >= 11 is 12.3. The number of thiocarbonyl (C=S) groups is 1. The zero-order valence-corrected chi connectivity index (χ0v) is 20.2. The minimum Gasteiger partial charge on any atom is -0.304 e. The molecule has 0 heterocycles. The fraction of sp³-hybridized carbons (Fsp3) is 0.200. The van der Waals surface area contributed by atoms with Crippen molar-refractivity contribution in [1.29, 1.82) is 0 Å². The van der Waals surface area contributed by atoms with Gasteiger partial charge in [-0.3, -0.25) is 4.79 Å². The number of hydrogen-bond acceptors (Lipinski definition) is 3. The van der Waals surface area contributed by atoms with Crippen LogP contribution in [0.2, 0.25) is 5.02 Å². The van der Waals surface area contributed by atoms with Gasteiger partial charge in [0.2, 0.25) is 12.7 Å². The van der Waals surface area contributed by atoms with Crippen molar-refractivity contribution in [1.82, 2.24) is 0 Å². The topological polar surface area (TPSA) is 34.1 Å². The summed E-state index contributed by atoms with van der Waals surface area (Å²) in [6.45, 7) is 9.58. The predicted octanol–water partition coefficient (Wildman–Crippen LogP) is 7.09. The third-order valence-electron chi connectivity index (χ3n) is 5.67. The van der Waals surface area contributed by atoms with E-state index in [0.717, 1.165) is 22.3 Å². The van der Waals surface area contributed by atoms with Gasteiger partial charge in [0.05, 0.1) is 9.63 Å². The van der Waals surface area contributed by atoms with Crippen molar-refractivity contribution in [3.63, 3.8) is 0 Å². The lowest BCUT2D eigenvalue weighted by Gasteiger charge is -2.24. The van der Waals surface area contributed by atoms with Crippen molar-refractivity contribution < 1.29 is 9.36 Å². The molecule has 3 aromatic carbocycles. The van der Waals surface area contributed by atoms with E-state index in [1.165, 1.54) is 0 Å². The predicted molar refractivity (Wildman–Crippen MR) is 131 cm³/mol. The van der Waals surface area contributed by atoms with E-state index in [2.05, 4.69) is 0 Å². The molecule has 5 heteroatoms. The molecule has 0 aliphatic rings. The summed E-state index contributed by atoms with van der Waals surface area (Å²) in [5.41, 5.74) is 5.04. The minimum absolute atomic E-state index is 0.140. The molecule has 0 radical (unpaired) electrons. The smallest absolute Gasteiger partial charge is 0.231 e. The molecule has 0 N–H and O–H groups in total. The van der Waals surface area contributed by atoms with Gasteiger partial charge in [-0.2, -0.15) is 0 Å². The van der Waals surface area contributed by atoms with Crippen molar-refractivity contribution in [3.05, 3.63) is 98.6 Å². The van der Waals surface area contributed by atoms with E-state index < -0.39 is 12.7 Å². The van der Waals surface area contributed by atoms with Gasteiger partial charge in [0, 0.05) is 10.9 Å². The van der Waals surface area contributed by atoms with Gasteiger partial charge in [-0.1, -0.05) is 72.3 Å². The highest BCUT2D eigenvalue weighted by atomic mass is 35.5. The molecule has 0 amide bonds. The Bertz CT molecular complexity index is 1200. The quantitative estimate of drug-likeness (QED) is 0.305. The van der Waals surface area contributed by atoms with E-state index in [4.69, 9.17) is 23.8 Å². The largest absolute Gasteiger partial charge is 0.304 e. The monoisotopic (exact) mass is 454 g/mol. The first-order valence-corrected chi connectivity index (χ1v) is 12.2. The molecule has 3 aromatic rings. The Labute approximate surface area is 188 Å². The van der Waals surface area contributed by atoms with E-state index in [0.29, 0.717) is 27.0 Å². The number of hydrogen-bond donors (Lipinski definition) is 0. The maximum absolute atomic E-state index is 14.8. The molecule has 0 saturated heterocycles. The average molecular weight is 455 g/mol. The summed E-state index contributed by atoms with van der Waals surface area (Å²) in [6, 6.07) is 16.3. The third-order valence-corrected chi connectivity index (χ3v) is 9.97. The van der Waals surface area contributed by atoms with Crippen LogP contribution in [0.4, 0.5) is 0 Å². The van der Waals surface area contributed by atoms with E-state index in [9.17, 15) is 9.36 Å². The first-order chi connectivity index (χ1) is 14.1. The van der Waals surface area contributed by atoms with E-state index in [-0.39, 0.29) is 4.61 Å². The van der Waals surface area contributed by atoms with Gasteiger partial charge in [0.15, 0.2) is 0 Å². The number of carbonyl (C=O) groups excluding carboxylic acids is 1. The molecule has 0 aliphatic heterocycles. The Morgan fingerprint density at radius 1 is 0.833 bits per heavy atom. The van der Waals surface area contributed by atoms with Crippen molar-refractivity contribution in [2.45, 2.75) is 34.6 Å². The zero-order chi connectivity index (χ0) is 22.2. The molecule has 0 aliphatic carbocycles. The molecule has 0 saturated carbocycles. The summed E-state index contributed by atoms with van der Waals surface area (Å²) in [7, 11) is -3.90. The second-order valence-corrected chi connectivity index (χ2v) is 11.3. The van der Waals surface area contributed by atoms with Crippen molar-refractivity contribution in [2.24, 2.45) is 0 Å². The number of halogens is 1. The van der Waals surface area contributed by atoms with Gasteiger partial charge >= 0.3 is 0 Å². The van der Waals surface area contributed by atoms with Gasteiger partial charge in [-0.25, -0.2) is 0 Å². The highest BCUT2D eigenvalue weighted by Crippen LogP contribution is 2.54. The van der Waals surface area contributed by atoms with Gasteiger partial charge < -0.3 is 4.57 Å². The fourth-order valence-corrected chi connectivity index (χ4v) is 7.80. The summed E-state index contributed by atoms with van der Waals surface area (Å²) in [5, 5.41) is 0.631. The summed E-state index contributed by atoms with van der Waals surface area (Å²) in [4.78, 5) is 14.1. The van der Waals surface area contributed by atoms with Crippen LogP contribution in [-0.4, -0.2) is 10.1 Å². The van der Waals surface area contributed by atoms with Gasteiger partial charge in [0.1, 0.15) is 0 Å². The fourth-order valence-electron chi connectivity index (χ4n) is 3.85. The number of carbonyl (C=O) groups is 1. The molecule has 0 bridgehead atoms. The third kappa shape index (κ3) is 3.71. The SMILES string of the molecule is Cc1cc(C)c(C(=O)P(=O)(C(=S)c2ccccc2)c2c(C)cccc2Cl)c(C)c1C. The highest BCUT2D eigenvalue weighted by molar-refractivity contribution is 8.13. The molecule has 3 rings (SSSR count). The Morgan fingerprint density at radius 2 is 1.47 bits per heavy atom. The highest BCUT2D eigenvalue weighted by Gasteiger charge is 2.43. The van der Waals surface area contributed by atoms with Crippen molar-refractivity contribution >= 4 is 46.4 Å². The van der Waals surface area contributed by atoms with Crippen molar-refractivity contribution in [2.75, 3.05) is 0 Å². The van der Waals surface area contributed by atoms with Gasteiger partial charge in [-0.15, -0.1) is 0 Å². The van der Waals surface area contributed by atoms with Gasteiger partial charge in [0.25, 0.3) is 0 Å². The maximum Gasteiger partial charge on any atom is 0.231 e. The summed E-state index contributed by atoms with van der Waals surface area (Å²) in [6.07, 6.45) is 0. The lowest BCUT2D eigenvalue weighted by atomic mass is 9.95. The Kier molecular flexibility index (Phi) is 6.48. The van der Waals surface area contributed by atoms with E-state index in [1.54, 1.807) is 24.3 Å². The average Bonchev–Trinajstić information content (AvgIpc) is 2.71. The van der Waals surface area contributed by atoms with Crippen molar-refractivity contribution in [3.8, 4) is 0 Å². The first kappa shape index (κ1) is 22.6. The van der Waals surface area contributed by atoms with Crippen LogP contribution in [0.1, 0.15) is 43.7 Å². The second-order valence-electron chi connectivity index (χ2n) is 7.63. The summed E-state index contributed by atoms with van der Waals surface area (Å²) in [5.74, 6) is 0. The molecule has 154 valence electrons.